The van der Waals surface area contributed by atoms with Crippen LogP contribution >= 0.6 is 11.3 Å². The van der Waals surface area contributed by atoms with Crippen LogP contribution in [0.2, 0.25) is 0 Å². The highest BCUT2D eigenvalue weighted by atomic mass is 32.1. The first-order valence-corrected chi connectivity index (χ1v) is 5.25. The van der Waals surface area contributed by atoms with E-state index in [1.54, 1.807) is 11.3 Å². The highest BCUT2D eigenvalue weighted by Crippen LogP contribution is 2.56. The third kappa shape index (κ3) is 1.03. The Kier molecular flexibility index (Phi) is 1.74. The SMILES string of the molecule is Cc1ccsc1C1(C(=O)O)CC1C. The zero-order valence-corrected chi connectivity index (χ0v) is 8.52. The van der Waals surface area contributed by atoms with Crippen LogP contribution in [0, 0.1) is 12.8 Å². The van der Waals surface area contributed by atoms with Crippen molar-refractivity contribution in [2.75, 3.05) is 0 Å². The molecule has 13 heavy (non-hydrogen) atoms. The minimum Gasteiger partial charge on any atom is -0.481 e. The molecule has 0 radical (unpaired) electrons. The lowest BCUT2D eigenvalue weighted by Crippen LogP contribution is -2.21. The normalized spacial score (nSPS) is 31.7. The van der Waals surface area contributed by atoms with E-state index < -0.39 is 11.4 Å². The zero-order valence-electron chi connectivity index (χ0n) is 7.70. The summed E-state index contributed by atoms with van der Waals surface area (Å²) >= 11 is 1.57. The Labute approximate surface area is 81.2 Å². The number of carbonyl (C=O) groups is 1. The monoisotopic (exact) mass is 196 g/mol. The second-order valence-electron chi connectivity index (χ2n) is 3.81. The van der Waals surface area contributed by atoms with E-state index in [0.717, 1.165) is 16.9 Å². The Morgan fingerprint density at radius 1 is 1.77 bits per heavy atom. The molecule has 0 amide bonds. The van der Waals surface area contributed by atoms with E-state index in [4.69, 9.17) is 0 Å². The number of carboxylic acids is 1. The van der Waals surface area contributed by atoms with Gasteiger partial charge in [-0.1, -0.05) is 6.92 Å². The van der Waals surface area contributed by atoms with Gasteiger partial charge in [0.2, 0.25) is 0 Å². The van der Waals surface area contributed by atoms with Crippen molar-refractivity contribution in [2.24, 2.45) is 5.92 Å². The first-order chi connectivity index (χ1) is 6.09. The standard InChI is InChI=1S/C10H12O2S/c1-6-3-4-13-8(6)10(9(11)12)5-7(10)2/h3-4,7H,5H2,1-2H3,(H,11,12). The predicted octanol–water partition coefficient (Wildman–Crippen LogP) is 2.42. The molecule has 1 aliphatic rings. The highest BCUT2D eigenvalue weighted by Gasteiger charge is 2.60. The van der Waals surface area contributed by atoms with Gasteiger partial charge in [0.1, 0.15) is 5.41 Å². The lowest BCUT2D eigenvalue weighted by Gasteiger charge is -2.09. The van der Waals surface area contributed by atoms with Crippen LogP contribution < -0.4 is 0 Å². The van der Waals surface area contributed by atoms with Crippen LogP contribution in [0.1, 0.15) is 23.8 Å². The number of hydrogen-bond acceptors (Lipinski definition) is 2. The number of hydrogen-bond donors (Lipinski definition) is 1. The molecule has 1 aliphatic carbocycles. The average molecular weight is 196 g/mol. The second kappa shape index (κ2) is 2.58. The van der Waals surface area contributed by atoms with E-state index in [1.807, 2.05) is 25.3 Å². The molecule has 70 valence electrons. The largest absolute Gasteiger partial charge is 0.481 e. The molecule has 2 unspecified atom stereocenters. The molecule has 2 atom stereocenters. The van der Waals surface area contributed by atoms with Crippen molar-refractivity contribution in [3.63, 3.8) is 0 Å². The van der Waals surface area contributed by atoms with E-state index >= 15 is 0 Å². The molecule has 1 fully saturated rings. The van der Waals surface area contributed by atoms with Gasteiger partial charge in [0.15, 0.2) is 0 Å². The molecule has 0 saturated heterocycles. The van der Waals surface area contributed by atoms with Crippen LogP contribution in [0.25, 0.3) is 0 Å². The van der Waals surface area contributed by atoms with Crippen molar-refractivity contribution in [3.8, 4) is 0 Å². The van der Waals surface area contributed by atoms with Crippen LogP contribution in [0.5, 0.6) is 0 Å². The van der Waals surface area contributed by atoms with Crippen molar-refractivity contribution < 1.29 is 9.90 Å². The third-order valence-electron chi connectivity index (χ3n) is 2.96. The molecular weight excluding hydrogens is 184 g/mol. The van der Waals surface area contributed by atoms with Crippen molar-refractivity contribution >= 4 is 17.3 Å². The third-order valence-corrected chi connectivity index (χ3v) is 4.15. The Balaban J connectivity index is 2.45. The number of aryl methyl sites for hydroxylation is 1. The van der Waals surface area contributed by atoms with Gasteiger partial charge in [-0.15, -0.1) is 11.3 Å². The van der Waals surface area contributed by atoms with Crippen LogP contribution in [-0.2, 0) is 10.2 Å². The molecule has 0 bridgehead atoms. The molecule has 3 heteroatoms. The smallest absolute Gasteiger partial charge is 0.315 e. The maximum atomic E-state index is 11.2. The molecule has 1 aromatic rings. The molecule has 1 aromatic heterocycles. The van der Waals surface area contributed by atoms with Crippen molar-refractivity contribution in [3.05, 3.63) is 21.9 Å². The summed E-state index contributed by atoms with van der Waals surface area (Å²) in [6, 6.07) is 2.00. The fourth-order valence-corrected chi connectivity index (χ4v) is 3.21. The van der Waals surface area contributed by atoms with E-state index in [0.29, 0.717) is 5.92 Å². The summed E-state index contributed by atoms with van der Waals surface area (Å²) in [5, 5.41) is 11.1. The quantitative estimate of drug-likeness (QED) is 0.788. The van der Waals surface area contributed by atoms with Gasteiger partial charge >= 0.3 is 5.97 Å². The fourth-order valence-electron chi connectivity index (χ4n) is 1.97. The maximum absolute atomic E-state index is 11.2. The molecule has 1 N–H and O–H groups in total. The second-order valence-corrected chi connectivity index (χ2v) is 4.73. The van der Waals surface area contributed by atoms with E-state index in [-0.39, 0.29) is 0 Å². The lowest BCUT2D eigenvalue weighted by molar-refractivity contribution is -0.140. The zero-order chi connectivity index (χ0) is 9.64. The molecule has 0 spiro atoms. The van der Waals surface area contributed by atoms with E-state index in [9.17, 15) is 9.90 Å². The number of rotatable bonds is 2. The minimum atomic E-state index is -0.662. The first-order valence-electron chi connectivity index (χ1n) is 4.37. The van der Waals surface area contributed by atoms with E-state index in [2.05, 4.69) is 0 Å². The van der Waals surface area contributed by atoms with Crippen molar-refractivity contribution in [2.45, 2.75) is 25.7 Å². The molecule has 0 aromatic carbocycles. The van der Waals surface area contributed by atoms with Gasteiger partial charge in [-0.05, 0) is 36.3 Å². The fraction of sp³-hybridized carbons (Fsp3) is 0.500. The van der Waals surface area contributed by atoms with Gasteiger partial charge in [-0.25, -0.2) is 0 Å². The summed E-state index contributed by atoms with van der Waals surface area (Å²) in [6.07, 6.45) is 0.795. The Morgan fingerprint density at radius 2 is 2.38 bits per heavy atom. The number of thiophene rings is 1. The maximum Gasteiger partial charge on any atom is 0.315 e. The van der Waals surface area contributed by atoms with Crippen molar-refractivity contribution in [1.82, 2.24) is 0 Å². The Hall–Kier alpha value is -0.830. The molecule has 1 heterocycles. The number of aliphatic carboxylic acids is 1. The van der Waals surface area contributed by atoms with Crippen molar-refractivity contribution in [1.29, 1.82) is 0 Å². The molecule has 2 rings (SSSR count). The Bertz CT molecular complexity index is 356. The topological polar surface area (TPSA) is 37.3 Å². The van der Waals surface area contributed by atoms with Gasteiger partial charge in [0.25, 0.3) is 0 Å². The van der Waals surface area contributed by atoms with Crippen LogP contribution in [-0.4, -0.2) is 11.1 Å². The summed E-state index contributed by atoms with van der Waals surface area (Å²) in [4.78, 5) is 12.2. The highest BCUT2D eigenvalue weighted by molar-refractivity contribution is 7.10. The van der Waals surface area contributed by atoms with Gasteiger partial charge in [-0.3, -0.25) is 4.79 Å². The lowest BCUT2D eigenvalue weighted by atomic mass is 9.99. The molecule has 2 nitrogen and oxygen atoms in total. The average Bonchev–Trinajstić information content (AvgIpc) is 2.53. The van der Waals surface area contributed by atoms with Crippen LogP contribution in [0.4, 0.5) is 0 Å². The van der Waals surface area contributed by atoms with Crippen LogP contribution in [0.15, 0.2) is 11.4 Å². The first kappa shape index (κ1) is 8.75. The Morgan fingerprint density at radius 3 is 2.69 bits per heavy atom. The summed E-state index contributed by atoms with van der Waals surface area (Å²) in [5.74, 6) is -0.368. The number of carboxylic acid groups (broad SMARTS) is 1. The molecular formula is C10H12O2S. The summed E-state index contributed by atoms with van der Waals surface area (Å²) in [6.45, 7) is 3.99. The van der Waals surface area contributed by atoms with Gasteiger partial charge in [0.05, 0.1) is 0 Å². The van der Waals surface area contributed by atoms with Gasteiger partial charge in [0, 0.05) is 4.88 Å². The van der Waals surface area contributed by atoms with Crippen LogP contribution in [0.3, 0.4) is 0 Å². The molecule has 0 aliphatic heterocycles. The van der Waals surface area contributed by atoms with E-state index in [1.165, 1.54) is 0 Å². The van der Waals surface area contributed by atoms with Gasteiger partial charge in [-0.2, -0.15) is 0 Å². The predicted molar refractivity (Wildman–Crippen MR) is 52.2 cm³/mol. The minimum absolute atomic E-state index is 0.294. The molecule has 1 saturated carbocycles. The summed E-state index contributed by atoms with van der Waals surface area (Å²) in [5.41, 5.74) is 0.579. The van der Waals surface area contributed by atoms with Gasteiger partial charge < -0.3 is 5.11 Å². The summed E-state index contributed by atoms with van der Waals surface area (Å²) < 4.78 is 0. The summed E-state index contributed by atoms with van der Waals surface area (Å²) in [7, 11) is 0.